The molecule has 0 radical (unpaired) electrons. The summed E-state index contributed by atoms with van der Waals surface area (Å²) in [5.41, 5.74) is 0. The molecule has 1 aromatic rings. The maximum absolute atomic E-state index is 13.0. The summed E-state index contributed by atoms with van der Waals surface area (Å²) in [7, 11) is 0. The van der Waals surface area contributed by atoms with Gasteiger partial charge in [0.2, 0.25) is 17.7 Å². The summed E-state index contributed by atoms with van der Waals surface area (Å²) < 4.78 is 24.2. The first-order valence-corrected chi connectivity index (χ1v) is 9.74. The van der Waals surface area contributed by atoms with E-state index in [1.54, 1.807) is 17.0 Å². The molecule has 0 bridgehead atoms. The lowest BCUT2D eigenvalue weighted by Crippen LogP contribution is -2.56. The van der Waals surface area contributed by atoms with Crippen LogP contribution < -0.4 is 10.1 Å². The topological polar surface area (TPSA) is 88.2 Å². The van der Waals surface area contributed by atoms with E-state index in [-0.39, 0.29) is 55.4 Å². The van der Waals surface area contributed by atoms with Gasteiger partial charge in [0.15, 0.2) is 0 Å². The Morgan fingerprint density at radius 3 is 2.59 bits per heavy atom. The van der Waals surface area contributed by atoms with E-state index in [0.29, 0.717) is 38.2 Å². The van der Waals surface area contributed by atoms with Crippen LogP contribution in [0.25, 0.3) is 0 Å². The highest BCUT2D eigenvalue weighted by Crippen LogP contribution is 2.21. The monoisotopic (exact) mass is 407 g/mol. The van der Waals surface area contributed by atoms with Gasteiger partial charge >= 0.3 is 0 Å². The molecule has 0 saturated carbocycles. The fourth-order valence-corrected chi connectivity index (χ4v) is 3.56. The third-order valence-electron chi connectivity index (χ3n) is 5.16. The van der Waals surface area contributed by atoms with Gasteiger partial charge < -0.3 is 24.6 Å². The van der Waals surface area contributed by atoms with Gasteiger partial charge in [0.05, 0.1) is 13.1 Å². The maximum atomic E-state index is 13.0. The molecule has 1 N–H and O–H groups in total. The van der Waals surface area contributed by atoms with Crippen LogP contribution in [0.2, 0.25) is 0 Å². The molecule has 2 aliphatic rings. The largest absolute Gasteiger partial charge is 0.491 e. The van der Waals surface area contributed by atoms with E-state index in [4.69, 9.17) is 9.47 Å². The van der Waals surface area contributed by atoms with Gasteiger partial charge in [0.25, 0.3) is 0 Å². The molecule has 9 heteroatoms. The Hall–Kier alpha value is -2.68. The summed E-state index contributed by atoms with van der Waals surface area (Å²) in [5, 5.41) is 2.51. The number of hydrogen-bond acceptors (Lipinski definition) is 5. The number of nitrogens with one attached hydrogen (secondary N) is 1. The van der Waals surface area contributed by atoms with Crippen LogP contribution in [0.3, 0.4) is 0 Å². The number of morpholine rings is 1. The fraction of sp³-hybridized carbons (Fsp3) is 0.550. The Bertz CT molecular complexity index is 734. The van der Waals surface area contributed by atoms with Crippen molar-refractivity contribution in [2.45, 2.75) is 31.9 Å². The Balaban J connectivity index is 1.47. The molecule has 2 fully saturated rings. The van der Waals surface area contributed by atoms with Gasteiger partial charge in [0, 0.05) is 26.1 Å². The molecule has 8 nitrogen and oxygen atoms in total. The third-order valence-corrected chi connectivity index (χ3v) is 5.16. The molecular formula is C20H26FN3O5. The summed E-state index contributed by atoms with van der Waals surface area (Å²) in [6.45, 7) is 3.15. The number of likely N-dealkylation sites (tertiary alicyclic amines) is 1. The minimum atomic E-state index is -0.329. The summed E-state index contributed by atoms with van der Waals surface area (Å²) in [6, 6.07) is 5.80. The number of ether oxygens (including phenoxy) is 2. The van der Waals surface area contributed by atoms with Crippen LogP contribution in [-0.4, -0.2) is 79.1 Å². The van der Waals surface area contributed by atoms with E-state index in [1.165, 1.54) is 19.1 Å². The van der Waals surface area contributed by atoms with Crippen molar-refractivity contribution in [2.75, 3.05) is 39.4 Å². The minimum Gasteiger partial charge on any atom is -0.491 e. The highest BCUT2D eigenvalue weighted by Gasteiger charge is 2.34. The molecule has 0 aliphatic carbocycles. The minimum absolute atomic E-state index is 0.000711. The smallest absolute Gasteiger partial charge is 0.248 e. The number of halogens is 1. The maximum Gasteiger partial charge on any atom is 0.248 e. The van der Waals surface area contributed by atoms with Crippen LogP contribution in [0, 0.1) is 5.82 Å². The zero-order valence-corrected chi connectivity index (χ0v) is 16.4. The summed E-state index contributed by atoms with van der Waals surface area (Å²) in [6.07, 6.45) is 1.10. The molecule has 3 rings (SSSR count). The molecule has 1 aromatic carbocycles. The van der Waals surface area contributed by atoms with E-state index in [9.17, 15) is 18.8 Å². The number of amides is 3. The summed E-state index contributed by atoms with van der Waals surface area (Å²) in [5.74, 6) is -0.195. The number of carbonyl (C=O) groups is 3. The molecule has 1 atom stereocenters. The predicted octanol–water partition coefficient (Wildman–Crippen LogP) is 0.559. The molecular weight excluding hydrogens is 381 g/mol. The number of carbonyl (C=O) groups excluding carboxylic acids is 3. The first-order chi connectivity index (χ1) is 13.9. The van der Waals surface area contributed by atoms with Crippen molar-refractivity contribution in [1.82, 2.24) is 15.1 Å². The number of rotatable bonds is 6. The van der Waals surface area contributed by atoms with Crippen molar-refractivity contribution in [3.8, 4) is 5.75 Å². The Morgan fingerprint density at radius 2 is 1.93 bits per heavy atom. The highest BCUT2D eigenvalue weighted by atomic mass is 19.1. The van der Waals surface area contributed by atoms with Gasteiger partial charge in [-0.25, -0.2) is 4.39 Å². The van der Waals surface area contributed by atoms with E-state index < -0.39 is 0 Å². The molecule has 2 saturated heterocycles. The van der Waals surface area contributed by atoms with Crippen molar-refractivity contribution >= 4 is 17.7 Å². The van der Waals surface area contributed by atoms with Crippen molar-refractivity contribution in [2.24, 2.45) is 0 Å². The molecule has 158 valence electrons. The first kappa shape index (κ1) is 21.0. The van der Waals surface area contributed by atoms with Gasteiger partial charge in [-0.1, -0.05) is 0 Å². The van der Waals surface area contributed by atoms with Gasteiger partial charge in [-0.2, -0.15) is 0 Å². The van der Waals surface area contributed by atoms with E-state index in [0.717, 1.165) is 0 Å². The van der Waals surface area contributed by atoms with Gasteiger partial charge in [-0.15, -0.1) is 0 Å². The standard InChI is InChI=1S/C20H26FN3O5/c1-14(25)22-10-19(26)23-8-6-16(7-9-23)24-11-18(29-13-20(24)27)12-28-17-4-2-15(21)3-5-17/h2-5,16,18H,6-13H2,1H3,(H,22,25). The predicted molar refractivity (Wildman–Crippen MR) is 102 cm³/mol. The van der Waals surface area contributed by atoms with E-state index >= 15 is 0 Å². The summed E-state index contributed by atoms with van der Waals surface area (Å²) in [4.78, 5) is 38.9. The molecule has 1 unspecified atom stereocenters. The zero-order valence-electron chi connectivity index (χ0n) is 16.4. The lowest BCUT2D eigenvalue weighted by Gasteiger charge is -2.42. The highest BCUT2D eigenvalue weighted by molar-refractivity contribution is 5.83. The molecule has 3 amide bonds. The van der Waals surface area contributed by atoms with E-state index in [2.05, 4.69) is 5.32 Å². The van der Waals surface area contributed by atoms with Gasteiger partial charge in [-0.05, 0) is 37.1 Å². The van der Waals surface area contributed by atoms with E-state index in [1.807, 2.05) is 4.90 Å². The van der Waals surface area contributed by atoms with Crippen LogP contribution in [0.1, 0.15) is 19.8 Å². The van der Waals surface area contributed by atoms with Gasteiger partial charge in [0.1, 0.15) is 30.9 Å². The van der Waals surface area contributed by atoms with Crippen molar-refractivity contribution < 1.29 is 28.2 Å². The van der Waals surface area contributed by atoms with Crippen LogP contribution in [0.5, 0.6) is 5.75 Å². The number of nitrogens with zero attached hydrogens (tertiary/aromatic N) is 2. The van der Waals surface area contributed by atoms with Gasteiger partial charge in [-0.3, -0.25) is 14.4 Å². The number of hydrogen-bond donors (Lipinski definition) is 1. The third kappa shape index (κ3) is 5.90. The molecule has 2 heterocycles. The SMILES string of the molecule is CC(=O)NCC(=O)N1CCC(N2CC(COc3ccc(F)cc3)OCC2=O)CC1. The Labute approximate surface area is 168 Å². The number of benzene rings is 1. The van der Waals surface area contributed by atoms with Crippen LogP contribution in [-0.2, 0) is 19.1 Å². The number of piperidine rings is 1. The molecule has 2 aliphatic heterocycles. The van der Waals surface area contributed by atoms with Crippen LogP contribution in [0.4, 0.5) is 4.39 Å². The zero-order chi connectivity index (χ0) is 20.8. The quantitative estimate of drug-likeness (QED) is 0.745. The van der Waals surface area contributed by atoms with Crippen LogP contribution >= 0.6 is 0 Å². The second-order valence-electron chi connectivity index (χ2n) is 7.27. The summed E-state index contributed by atoms with van der Waals surface area (Å²) >= 11 is 0. The van der Waals surface area contributed by atoms with Crippen molar-refractivity contribution in [3.05, 3.63) is 30.1 Å². The average molecular weight is 407 g/mol. The lowest BCUT2D eigenvalue weighted by atomic mass is 10.0. The Kier molecular flexibility index (Phi) is 7.03. The molecule has 29 heavy (non-hydrogen) atoms. The van der Waals surface area contributed by atoms with Crippen molar-refractivity contribution in [1.29, 1.82) is 0 Å². The Morgan fingerprint density at radius 1 is 1.24 bits per heavy atom. The molecule has 0 spiro atoms. The second-order valence-corrected chi connectivity index (χ2v) is 7.27. The van der Waals surface area contributed by atoms with Crippen LogP contribution in [0.15, 0.2) is 24.3 Å². The average Bonchev–Trinajstić information content (AvgIpc) is 2.72. The van der Waals surface area contributed by atoms with Crippen molar-refractivity contribution in [3.63, 3.8) is 0 Å². The second kappa shape index (κ2) is 9.69. The first-order valence-electron chi connectivity index (χ1n) is 9.74. The lowest BCUT2D eigenvalue weighted by molar-refractivity contribution is -0.155. The fourth-order valence-electron chi connectivity index (χ4n) is 3.56. The molecule has 0 aromatic heterocycles. The normalized spacial score (nSPS) is 20.5.